The fourth-order valence-corrected chi connectivity index (χ4v) is 4.02. The van der Waals surface area contributed by atoms with Crippen LogP contribution < -0.4 is 5.32 Å². The molecule has 0 saturated carbocycles. The van der Waals surface area contributed by atoms with Crippen molar-refractivity contribution in [3.63, 3.8) is 0 Å². The van der Waals surface area contributed by atoms with Gasteiger partial charge in [0.25, 0.3) is 5.91 Å². The van der Waals surface area contributed by atoms with Gasteiger partial charge in [-0.2, -0.15) is 0 Å². The van der Waals surface area contributed by atoms with Crippen LogP contribution in [0.5, 0.6) is 0 Å². The summed E-state index contributed by atoms with van der Waals surface area (Å²) in [5, 5.41) is 4.72. The lowest BCUT2D eigenvalue weighted by Crippen LogP contribution is -2.45. The molecule has 0 bridgehead atoms. The van der Waals surface area contributed by atoms with Crippen molar-refractivity contribution in [3.8, 4) is 0 Å². The Kier molecular flexibility index (Phi) is 4.55. The molecular formula is C24H21NO3. The van der Waals surface area contributed by atoms with Gasteiger partial charge in [0.2, 0.25) is 0 Å². The molecule has 0 heterocycles. The maximum atomic E-state index is 13.0. The second-order valence-electron chi connectivity index (χ2n) is 7.43. The summed E-state index contributed by atoms with van der Waals surface area (Å²) in [5.74, 6) is -0.688. The highest BCUT2D eigenvalue weighted by molar-refractivity contribution is 6.09. The average Bonchev–Trinajstić information content (AvgIpc) is 3.12. The molecule has 0 fully saturated rings. The lowest BCUT2D eigenvalue weighted by Gasteiger charge is -2.24. The van der Waals surface area contributed by atoms with Crippen LogP contribution >= 0.6 is 0 Å². The van der Waals surface area contributed by atoms with Crippen molar-refractivity contribution < 1.29 is 14.4 Å². The third kappa shape index (κ3) is 3.11. The number of rotatable bonds is 5. The van der Waals surface area contributed by atoms with Crippen LogP contribution in [0.4, 0.5) is 0 Å². The minimum absolute atomic E-state index is 0.145. The fraction of sp³-hybridized carbons (Fsp3) is 0.208. The molecule has 3 aromatic rings. The molecule has 0 radical (unpaired) electrons. The molecule has 4 rings (SSSR count). The minimum Gasteiger partial charge on any atom is -0.345 e. The van der Waals surface area contributed by atoms with E-state index in [4.69, 9.17) is 0 Å². The number of hydrogen-bond donors (Lipinski definition) is 1. The number of Topliss-reactive ketones (excluding diaryl/α,β-unsaturated/α-hetero) is 2. The smallest absolute Gasteiger partial charge is 0.251 e. The van der Waals surface area contributed by atoms with Gasteiger partial charge < -0.3 is 5.32 Å². The van der Waals surface area contributed by atoms with Gasteiger partial charge in [-0.15, -0.1) is 0 Å². The molecule has 140 valence electrons. The van der Waals surface area contributed by atoms with E-state index in [1.54, 1.807) is 12.1 Å². The van der Waals surface area contributed by atoms with E-state index in [1.807, 2.05) is 54.6 Å². The Bertz CT molecular complexity index is 1070. The van der Waals surface area contributed by atoms with Crippen molar-refractivity contribution in [2.75, 3.05) is 6.54 Å². The van der Waals surface area contributed by atoms with Gasteiger partial charge >= 0.3 is 0 Å². The molecule has 0 saturated heterocycles. The maximum Gasteiger partial charge on any atom is 0.251 e. The number of carbonyl (C=O) groups is 3. The first-order chi connectivity index (χ1) is 13.5. The molecule has 3 aromatic carbocycles. The molecule has 0 atom stereocenters. The Morgan fingerprint density at radius 3 is 2.11 bits per heavy atom. The van der Waals surface area contributed by atoms with Gasteiger partial charge in [0.1, 0.15) is 5.78 Å². The summed E-state index contributed by atoms with van der Waals surface area (Å²) in [5.41, 5.74) is 1.50. The second kappa shape index (κ2) is 7.04. The Morgan fingerprint density at radius 1 is 0.857 bits per heavy atom. The van der Waals surface area contributed by atoms with Crippen LogP contribution in [0.1, 0.15) is 28.4 Å². The van der Waals surface area contributed by atoms with Crippen LogP contribution in [0, 0.1) is 5.41 Å². The highest BCUT2D eigenvalue weighted by Crippen LogP contribution is 2.38. The first-order valence-electron chi connectivity index (χ1n) is 9.38. The topological polar surface area (TPSA) is 63.2 Å². The highest BCUT2D eigenvalue weighted by Gasteiger charge is 2.47. The predicted octanol–water partition coefficient (Wildman–Crippen LogP) is 3.51. The SMILES string of the molecule is CC(=O)C1(C(=O)CNC(=O)c2ccc3ccccc3c2)Cc2ccccc2C1. The number of hydrogen-bond acceptors (Lipinski definition) is 3. The minimum atomic E-state index is -1.07. The Labute approximate surface area is 163 Å². The van der Waals surface area contributed by atoms with Crippen molar-refractivity contribution in [2.24, 2.45) is 5.41 Å². The molecule has 1 aliphatic rings. The van der Waals surface area contributed by atoms with Crippen LogP contribution in [-0.2, 0) is 22.4 Å². The average molecular weight is 371 g/mol. The van der Waals surface area contributed by atoms with E-state index < -0.39 is 5.41 Å². The van der Waals surface area contributed by atoms with Crippen molar-refractivity contribution in [1.82, 2.24) is 5.32 Å². The molecule has 1 N–H and O–H groups in total. The van der Waals surface area contributed by atoms with E-state index in [1.165, 1.54) is 6.92 Å². The number of benzene rings is 3. The van der Waals surface area contributed by atoms with E-state index >= 15 is 0 Å². The summed E-state index contributed by atoms with van der Waals surface area (Å²) in [6.07, 6.45) is 0.812. The van der Waals surface area contributed by atoms with Crippen molar-refractivity contribution in [3.05, 3.63) is 83.4 Å². The highest BCUT2D eigenvalue weighted by atomic mass is 16.2. The zero-order valence-electron chi connectivity index (χ0n) is 15.7. The molecule has 0 unspecified atom stereocenters. The lowest BCUT2D eigenvalue weighted by molar-refractivity contribution is -0.138. The lowest BCUT2D eigenvalue weighted by atomic mass is 9.77. The first-order valence-corrected chi connectivity index (χ1v) is 9.38. The van der Waals surface area contributed by atoms with Crippen molar-refractivity contribution >= 4 is 28.2 Å². The van der Waals surface area contributed by atoms with Gasteiger partial charge in [0.15, 0.2) is 5.78 Å². The molecule has 1 aliphatic carbocycles. The van der Waals surface area contributed by atoms with Gasteiger partial charge in [-0.05, 0) is 53.8 Å². The molecule has 4 nitrogen and oxygen atoms in total. The number of ketones is 2. The van der Waals surface area contributed by atoms with E-state index in [2.05, 4.69) is 5.32 Å². The van der Waals surface area contributed by atoms with Gasteiger partial charge in [-0.25, -0.2) is 0 Å². The number of nitrogens with one attached hydrogen (secondary N) is 1. The van der Waals surface area contributed by atoms with Crippen molar-refractivity contribution in [2.45, 2.75) is 19.8 Å². The number of amides is 1. The van der Waals surface area contributed by atoms with Crippen LogP contribution in [0.3, 0.4) is 0 Å². The van der Waals surface area contributed by atoms with Gasteiger partial charge in [0, 0.05) is 5.56 Å². The van der Waals surface area contributed by atoms with Gasteiger partial charge in [-0.1, -0.05) is 54.6 Å². The Morgan fingerprint density at radius 2 is 1.46 bits per heavy atom. The summed E-state index contributed by atoms with van der Waals surface area (Å²) >= 11 is 0. The molecule has 1 amide bonds. The molecule has 28 heavy (non-hydrogen) atoms. The van der Waals surface area contributed by atoms with Crippen LogP contribution in [0.2, 0.25) is 0 Å². The standard InChI is InChI=1S/C24H21NO3/c1-16(26)24(13-20-8-4-5-9-21(20)14-24)22(27)15-25-23(28)19-11-10-17-6-2-3-7-18(17)12-19/h2-12H,13-15H2,1H3,(H,25,28). The van der Waals surface area contributed by atoms with E-state index in [-0.39, 0.29) is 24.0 Å². The zero-order chi connectivity index (χ0) is 19.7. The van der Waals surface area contributed by atoms with Gasteiger partial charge in [-0.3, -0.25) is 14.4 Å². The predicted molar refractivity (Wildman–Crippen MR) is 108 cm³/mol. The normalized spacial score (nSPS) is 14.5. The van der Waals surface area contributed by atoms with Crippen molar-refractivity contribution in [1.29, 1.82) is 0 Å². The van der Waals surface area contributed by atoms with Crippen LogP contribution in [0.15, 0.2) is 66.7 Å². The number of carbonyl (C=O) groups excluding carboxylic acids is 3. The maximum absolute atomic E-state index is 13.0. The zero-order valence-corrected chi connectivity index (χ0v) is 15.7. The largest absolute Gasteiger partial charge is 0.345 e. The quantitative estimate of drug-likeness (QED) is 0.698. The second-order valence-corrected chi connectivity index (χ2v) is 7.43. The fourth-order valence-electron chi connectivity index (χ4n) is 4.02. The summed E-state index contributed by atoms with van der Waals surface area (Å²) in [6, 6.07) is 21.0. The summed E-state index contributed by atoms with van der Waals surface area (Å²) in [4.78, 5) is 37.9. The summed E-state index contributed by atoms with van der Waals surface area (Å²) < 4.78 is 0. The molecule has 0 spiro atoms. The number of fused-ring (bicyclic) bond motifs is 2. The van der Waals surface area contributed by atoms with Gasteiger partial charge in [0.05, 0.1) is 12.0 Å². The Hall–Kier alpha value is -3.27. The third-order valence-electron chi connectivity index (χ3n) is 5.73. The summed E-state index contributed by atoms with van der Waals surface area (Å²) in [7, 11) is 0. The third-order valence-corrected chi connectivity index (χ3v) is 5.73. The van der Waals surface area contributed by atoms with E-state index in [0.717, 1.165) is 21.9 Å². The summed E-state index contributed by atoms with van der Waals surface area (Å²) in [6.45, 7) is 1.31. The first kappa shape index (κ1) is 18.1. The van der Waals surface area contributed by atoms with Crippen LogP contribution in [-0.4, -0.2) is 24.0 Å². The molecule has 0 aromatic heterocycles. The molecular weight excluding hydrogens is 350 g/mol. The van der Waals surface area contributed by atoms with E-state index in [0.29, 0.717) is 18.4 Å². The van der Waals surface area contributed by atoms with E-state index in [9.17, 15) is 14.4 Å². The molecule has 0 aliphatic heterocycles. The Balaban J connectivity index is 1.49. The monoisotopic (exact) mass is 371 g/mol. The molecule has 4 heteroatoms. The van der Waals surface area contributed by atoms with Crippen LogP contribution in [0.25, 0.3) is 10.8 Å².